The third-order valence-electron chi connectivity index (χ3n) is 5.78. The lowest BCUT2D eigenvalue weighted by Gasteiger charge is -2.25. The van der Waals surface area contributed by atoms with E-state index in [-0.39, 0.29) is 30.3 Å². The van der Waals surface area contributed by atoms with Gasteiger partial charge in [0.2, 0.25) is 10.0 Å². The summed E-state index contributed by atoms with van der Waals surface area (Å²) in [6.45, 7) is 0.892. The first kappa shape index (κ1) is 27.3. The second-order valence-electron chi connectivity index (χ2n) is 8.42. The van der Waals surface area contributed by atoms with Crippen molar-refractivity contribution in [2.45, 2.75) is 30.6 Å². The number of amides is 1. The van der Waals surface area contributed by atoms with Gasteiger partial charge >= 0.3 is 12.5 Å². The maximum atomic E-state index is 13.1. The summed E-state index contributed by atoms with van der Waals surface area (Å²) in [7, 11) is -2.13. The van der Waals surface area contributed by atoms with Crippen LogP contribution in [0.2, 0.25) is 0 Å². The van der Waals surface area contributed by atoms with Gasteiger partial charge in [-0.3, -0.25) is 0 Å². The number of alkyl halides is 3. The van der Waals surface area contributed by atoms with Crippen molar-refractivity contribution in [3.63, 3.8) is 0 Å². The molecule has 1 amide bonds. The van der Waals surface area contributed by atoms with E-state index in [2.05, 4.69) is 15.2 Å². The summed E-state index contributed by atoms with van der Waals surface area (Å²) in [5.74, 6) is -0.296. The van der Waals surface area contributed by atoms with Crippen LogP contribution >= 0.6 is 0 Å². The first-order valence-corrected chi connectivity index (χ1v) is 13.0. The second kappa shape index (κ2) is 11.3. The molecule has 4 rings (SSSR count). The lowest BCUT2D eigenvalue weighted by molar-refractivity contribution is -0.274. The van der Waals surface area contributed by atoms with E-state index in [1.54, 1.807) is 0 Å². The molecule has 1 aliphatic rings. The number of nitrogens with zero attached hydrogens (tertiary/aromatic N) is 3. The molecule has 0 unspecified atom stereocenters. The first-order chi connectivity index (χ1) is 18.0. The molecule has 1 N–H and O–H groups in total. The van der Waals surface area contributed by atoms with Crippen LogP contribution in [0.5, 0.6) is 11.6 Å². The normalized spacial score (nSPS) is 14.0. The Morgan fingerprint density at radius 1 is 1.16 bits per heavy atom. The fourth-order valence-electron chi connectivity index (χ4n) is 3.85. The Bertz CT molecular complexity index is 1350. The highest BCUT2D eigenvalue weighted by Gasteiger charge is 2.34. The molecule has 10 nitrogen and oxygen atoms in total. The van der Waals surface area contributed by atoms with E-state index in [1.807, 2.05) is 42.3 Å². The van der Waals surface area contributed by atoms with E-state index in [9.17, 15) is 26.4 Å². The van der Waals surface area contributed by atoms with Crippen LogP contribution in [0.1, 0.15) is 17.7 Å². The van der Waals surface area contributed by atoms with Gasteiger partial charge in [0.05, 0.1) is 10.5 Å². The third kappa shape index (κ3) is 6.75. The predicted octanol–water partition coefficient (Wildman–Crippen LogP) is 3.94. The quantitative estimate of drug-likeness (QED) is 0.396. The molecule has 0 radical (unpaired) electrons. The molecule has 1 aromatic heterocycles. The van der Waals surface area contributed by atoms with Crippen LogP contribution in [0, 0.1) is 0 Å². The van der Waals surface area contributed by atoms with Gasteiger partial charge in [0.25, 0.3) is 5.88 Å². The van der Waals surface area contributed by atoms with E-state index in [0.29, 0.717) is 30.8 Å². The summed E-state index contributed by atoms with van der Waals surface area (Å²) in [6.07, 6.45) is -4.83. The van der Waals surface area contributed by atoms with Crippen LogP contribution in [0.15, 0.2) is 64.0 Å². The minimum Gasteiger partial charge on any atom is -0.406 e. The lowest BCUT2D eigenvalue weighted by Crippen LogP contribution is -2.36. The molecule has 0 saturated carbocycles. The number of sulfonamides is 1. The van der Waals surface area contributed by atoms with Crippen LogP contribution in [0.4, 0.5) is 23.7 Å². The Balaban J connectivity index is 1.32. The molecule has 0 spiro atoms. The molecule has 3 aromatic rings. The lowest BCUT2D eigenvalue weighted by atomic mass is 10.1. The molecule has 2 heterocycles. The molecule has 0 fully saturated rings. The van der Waals surface area contributed by atoms with Crippen LogP contribution in [0.3, 0.4) is 0 Å². The van der Waals surface area contributed by atoms with E-state index < -0.39 is 28.2 Å². The van der Waals surface area contributed by atoms with Crippen molar-refractivity contribution in [3.05, 3.63) is 65.9 Å². The van der Waals surface area contributed by atoms with Gasteiger partial charge in [-0.25, -0.2) is 13.2 Å². The number of carbonyl (C=O) groups excluding carboxylic acids is 1. The van der Waals surface area contributed by atoms with E-state index >= 15 is 0 Å². The number of aromatic nitrogens is 1. The molecule has 2 aromatic carbocycles. The second-order valence-corrected chi connectivity index (χ2v) is 10.4. The van der Waals surface area contributed by atoms with Gasteiger partial charge in [0, 0.05) is 45.3 Å². The average Bonchev–Trinajstić information content (AvgIpc) is 3.28. The molecule has 0 atom stereocenters. The van der Waals surface area contributed by atoms with Gasteiger partial charge in [-0.1, -0.05) is 18.2 Å². The van der Waals surface area contributed by atoms with E-state index in [0.717, 1.165) is 34.3 Å². The van der Waals surface area contributed by atoms with Gasteiger partial charge in [-0.15, -0.1) is 13.2 Å². The van der Waals surface area contributed by atoms with Crippen molar-refractivity contribution in [1.29, 1.82) is 0 Å². The van der Waals surface area contributed by atoms with Crippen LogP contribution in [-0.4, -0.2) is 57.0 Å². The third-order valence-corrected chi connectivity index (χ3v) is 7.64. The van der Waals surface area contributed by atoms with E-state index in [4.69, 9.17) is 9.26 Å². The first-order valence-electron chi connectivity index (χ1n) is 11.6. The maximum Gasteiger partial charge on any atom is 0.573 e. The Morgan fingerprint density at radius 3 is 2.55 bits per heavy atom. The summed E-state index contributed by atoms with van der Waals surface area (Å²) >= 11 is 0. The van der Waals surface area contributed by atoms with Crippen molar-refractivity contribution >= 4 is 21.8 Å². The van der Waals surface area contributed by atoms with Gasteiger partial charge in [0.15, 0.2) is 0 Å². The molecular formula is C24H25F3N4O6S. The van der Waals surface area contributed by atoms with Crippen molar-refractivity contribution in [2.24, 2.45) is 0 Å². The summed E-state index contributed by atoms with van der Waals surface area (Å²) in [5.41, 5.74) is 1.35. The van der Waals surface area contributed by atoms with Crippen LogP contribution < -0.4 is 19.7 Å². The van der Waals surface area contributed by atoms with Crippen molar-refractivity contribution in [3.8, 4) is 11.6 Å². The predicted molar refractivity (Wildman–Crippen MR) is 129 cm³/mol. The maximum absolute atomic E-state index is 13.1. The average molecular weight is 555 g/mol. The minimum absolute atomic E-state index is 0.0475. The molecule has 0 bridgehead atoms. The summed E-state index contributed by atoms with van der Waals surface area (Å²) in [4.78, 5) is 14.1. The molecule has 38 heavy (non-hydrogen) atoms. The van der Waals surface area contributed by atoms with Crippen molar-refractivity contribution < 1.29 is 40.4 Å². The summed E-state index contributed by atoms with van der Waals surface area (Å²) < 4.78 is 78.7. The van der Waals surface area contributed by atoms with Crippen LogP contribution in [-0.2, 0) is 23.0 Å². The fourth-order valence-corrected chi connectivity index (χ4v) is 5.26. The van der Waals surface area contributed by atoms with Gasteiger partial charge < -0.3 is 24.2 Å². The highest BCUT2D eigenvalue weighted by molar-refractivity contribution is 7.89. The van der Waals surface area contributed by atoms with Gasteiger partial charge in [-0.05, 0) is 48.0 Å². The van der Waals surface area contributed by atoms with Crippen LogP contribution in [0.25, 0.3) is 0 Å². The topological polar surface area (TPSA) is 114 Å². The Kier molecular flexibility index (Phi) is 8.11. The molecule has 204 valence electrons. The number of hydrogen-bond acceptors (Lipinski definition) is 8. The number of benzene rings is 2. The van der Waals surface area contributed by atoms with Crippen molar-refractivity contribution in [2.75, 3.05) is 31.6 Å². The number of ether oxygens (including phenoxy) is 2. The summed E-state index contributed by atoms with van der Waals surface area (Å²) in [5, 5.41) is 6.39. The SMILES string of the molecule is CN(CCCNC(=O)Oc1noc2c1CN(S(=O)(=O)c1ccc(OC(F)(F)F)cc1)CC2)c1ccccc1. The number of nitrogens with one attached hydrogen (secondary N) is 1. The highest BCUT2D eigenvalue weighted by atomic mass is 32.2. The Morgan fingerprint density at radius 2 is 1.87 bits per heavy atom. The number of rotatable bonds is 9. The minimum atomic E-state index is -4.89. The van der Waals surface area contributed by atoms with Gasteiger partial charge in [0.1, 0.15) is 11.5 Å². The monoisotopic (exact) mass is 554 g/mol. The summed E-state index contributed by atoms with van der Waals surface area (Å²) in [6, 6.07) is 13.7. The number of para-hydroxylation sites is 1. The largest absolute Gasteiger partial charge is 0.573 e. The number of fused-ring (bicyclic) bond motifs is 1. The van der Waals surface area contributed by atoms with Crippen molar-refractivity contribution in [1.82, 2.24) is 14.8 Å². The standard InChI is InChI=1S/C24H25F3N4O6S/c1-30(17-6-3-2-4-7-17)14-5-13-28-23(32)35-22-20-16-31(15-12-21(20)37-29-22)38(33,34)19-10-8-18(9-11-19)36-24(25,26)27/h2-4,6-11H,5,12-16H2,1H3,(H,28,32). The Labute approximate surface area is 217 Å². The van der Waals surface area contributed by atoms with Gasteiger partial charge in [-0.2, -0.15) is 4.31 Å². The zero-order valence-electron chi connectivity index (χ0n) is 20.3. The van der Waals surface area contributed by atoms with E-state index in [1.165, 1.54) is 0 Å². The fraction of sp³-hybridized carbons (Fsp3) is 0.333. The zero-order valence-corrected chi connectivity index (χ0v) is 21.1. The number of anilines is 1. The molecule has 14 heteroatoms. The number of carbonyl (C=O) groups is 1. The molecule has 0 aliphatic carbocycles. The smallest absolute Gasteiger partial charge is 0.406 e. The molecule has 0 saturated heterocycles. The highest BCUT2D eigenvalue weighted by Crippen LogP contribution is 2.32. The number of halogens is 3. The Hall–Kier alpha value is -3.78. The molecule has 1 aliphatic heterocycles. The zero-order chi connectivity index (χ0) is 27.3. The number of hydrogen-bond donors (Lipinski definition) is 1. The molecular weight excluding hydrogens is 529 g/mol.